The van der Waals surface area contributed by atoms with Crippen LogP contribution in [0.3, 0.4) is 0 Å². The molecule has 5 nitrogen and oxygen atoms in total. The molecule has 2 aliphatic rings. The van der Waals surface area contributed by atoms with Gasteiger partial charge in [-0.3, -0.25) is 9.80 Å². The Bertz CT molecular complexity index is 843. The first-order chi connectivity index (χ1) is 13.9. The average molecular weight is 394 g/mol. The van der Waals surface area contributed by atoms with Gasteiger partial charge in [-0.15, -0.1) is 0 Å². The van der Waals surface area contributed by atoms with Crippen LogP contribution in [-0.4, -0.2) is 34.2 Å². The third-order valence-corrected chi connectivity index (χ3v) is 5.50. The first-order valence-electron chi connectivity index (χ1n) is 10.7. The quantitative estimate of drug-likeness (QED) is 0.689. The highest BCUT2D eigenvalue weighted by Gasteiger charge is 2.40. The summed E-state index contributed by atoms with van der Waals surface area (Å²) >= 11 is 0. The molecule has 1 aromatic carbocycles. The Hall–Kier alpha value is -2.40. The Balaban J connectivity index is 1.62. The fraction of sp³-hybridized carbons (Fsp3) is 0.500. The number of aromatic nitrogens is 1. The number of likely N-dealkylation sites (tertiary alicyclic amines) is 1. The van der Waals surface area contributed by atoms with Gasteiger partial charge in [0.1, 0.15) is 11.4 Å². The Kier molecular flexibility index (Phi) is 5.59. The van der Waals surface area contributed by atoms with Crippen molar-refractivity contribution in [1.29, 1.82) is 0 Å². The van der Waals surface area contributed by atoms with E-state index in [-0.39, 0.29) is 18.2 Å². The number of amides is 1. The second-order valence-electron chi connectivity index (χ2n) is 9.11. The van der Waals surface area contributed by atoms with Crippen LogP contribution in [0.1, 0.15) is 63.6 Å². The number of benzene rings is 1. The highest BCUT2D eigenvalue weighted by molar-refractivity contribution is 5.89. The van der Waals surface area contributed by atoms with E-state index in [1.165, 1.54) is 5.56 Å². The van der Waals surface area contributed by atoms with Crippen LogP contribution in [0.15, 0.2) is 48.7 Å². The third kappa shape index (κ3) is 4.78. The van der Waals surface area contributed by atoms with E-state index in [9.17, 15) is 4.79 Å². The first kappa shape index (κ1) is 19.9. The molecule has 1 unspecified atom stereocenters. The summed E-state index contributed by atoms with van der Waals surface area (Å²) in [5, 5.41) is 0. The molecule has 0 bridgehead atoms. The summed E-state index contributed by atoms with van der Waals surface area (Å²) in [5.74, 6) is 0.772. The van der Waals surface area contributed by atoms with Gasteiger partial charge in [0.25, 0.3) is 0 Å². The van der Waals surface area contributed by atoms with Crippen molar-refractivity contribution in [3.05, 3.63) is 59.8 Å². The Morgan fingerprint density at radius 2 is 1.90 bits per heavy atom. The summed E-state index contributed by atoms with van der Waals surface area (Å²) in [4.78, 5) is 22.0. The largest absolute Gasteiger partial charge is 0.443 e. The summed E-state index contributed by atoms with van der Waals surface area (Å²) in [6.45, 7) is 7.70. The molecule has 1 saturated heterocycles. The first-order valence-corrected chi connectivity index (χ1v) is 10.7. The van der Waals surface area contributed by atoms with Crippen molar-refractivity contribution in [2.24, 2.45) is 0 Å². The lowest BCUT2D eigenvalue weighted by molar-refractivity contribution is 0.0576. The number of hydrogen-bond acceptors (Lipinski definition) is 4. The topological polar surface area (TPSA) is 45.7 Å². The molecule has 1 aliphatic heterocycles. The second-order valence-corrected chi connectivity index (χ2v) is 9.11. The maximum Gasteiger partial charge on any atom is 0.416 e. The summed E-state index contributed by atoms with van der Waals surface area (Å²) in [6.07, 6.45) is 5.75. The molecule has 2 heterocycles. The maximum absolute atomic E-state index is 13.0. The minimum absolute atomic E-state index is 0.197. The van der Waals surface area contributed by atoms with Crippen molar-refractivity contribution in [3.63, 3.8) is 0 Å². The van der Waals surface area contributed by atoms with Gasteiger partial charge in [-0.05, 0) is 64.6 Å². The number of pyridine rings is 1. The highest BCUT2D eigenvalue weighted by atomic mass is 16.6. The highest BCUT2D eigenvalue weighted by Crippen LogP contribution is 2.40. The summed E-state index contributed by atoms with van der Waals surface area (Å²) in [5.41, 5.74) is 1.93. The molecule has 1 aliphatic carbocycles. The Morgan fingerprint density at radius 1 is 1.14 bits per heavy atom. The van der Waals surface area contributed by atoms with E-state index >= 15 is 0 Å². The zero-order chi connectivity index (χ0) is 20.4. The minimum atomic E-state index is -0.522. The second kappa shape index (κ2) is 8.15. The van der Waals surface area contributed by atoms with Crippen molar-refractivity contribution in [2.45, 2.75) is 70.7 Å². The molecule has 0 N–H and O–H groups in total. The van der Waals surface area contributed by atoms with Gasteiger partial charge in [0, 0.05) is 30.4 Å². The number of hydrogen-bond donors (Lipinski definition) is 0. The molecule has 1 aromatic heterocycles. The van der Waals surface area contributed by atoms with Crippen LogP contribution < -0.4 is 4.90 Å². The van der Waals surface area contributed by atoms with Crippen LogP contribution in [0.25, 0.3) is 0 Å². The van der Waals surface area contributed by atoms with Gasteiger partial charge >= 0.3 is 6.09 Å². The molecule has 5 heteroatoms. The summed E-state index contributed by atoms with van der Waals surface area (Å²) < 4.78 is 5.73. The van der Waals surface area contributed by atoms with Crippen LogP contribution in [0.4, 0.5) is 10.6 Å². The zero-order valence-electron chi connectivity index (χ0n) is 17.7. The Labute approximate surface area is 173 Å². The molecule has 154 valence electrons. The van der Waals surface area contributed by atoms with Crippen LogP contribution in [0, 0.1) is 0 Å². The van der Waals surface area contributed by atoms with E-state index in [1.54, 1.807) is 11.1 Å². The van der Waals surface area contributed by atoms with E-state index in [0.717, 1.165) is 50.2 Å². The van der Waals surface area contributed by atoms with E-state index in [0.29, 0.717) is 0 Å². The van der Waals surface area contributed by atoms with Crippen molar-refractivity contribution >= 4 is 11.9 Å². The number of rotatable bonds is 5. The van der Waals surface area contributed by atoms with Gasteiger partial charge in [-0.1, -0.05) is 36.4 Å². The molecule has 2 fully saturated rings. The molecule has 1 atom stereocenters. The molecule has 0 spiro atoms. The molecular formula is C24H31N3O2. The maximum atomic E-state index is 13.0. The van der Waals surface area contributed by atoms with Crippen molar-refractivity contribution < 1.29 is 9.53 Å². The van der Waals surface area contributed by atoms with Crippen LogP contribution in [-0.2, 0) is 11.3 Å². The van der Waals surface area contributed by atoms with Crippen molar-refractivity contribution in [3.8, 4) is 0 Å². The van der Waals surface area contributed by atoms with Crippen LogP contribution in [0.5, 0.6) is 0 Å². The molecule has 1 amide bonds. The van der Waals surface area contributed by atoms with Crippen molar-refractivity contribution in [2.75, 3.05) is 11.4 Å². The Morgan fingerprint density at radius 3 is 2.59 bits per heavy atom. The average Bonchev–Trinajstić information content (AvgIpc) is 3.40. The number of anilines is 1. The normalized spacial score (nSPS) is 19.9. The summed E-state index contributed by atoms with van der Waals surface area (Å²) in [7, 11) is 0. The third-order valence-electron chi connectivity index (χ3n) is 5.50. The standard InChI is InChI=1S/C24H31N3O2/c1-24(2,3)29-23(28)27(19-13-14-19)22-20(11-7-15-25-22)21-12-8-16-26(21)17-18-9-5-4-6-10-18/h4-7,9-11,15,19,21H,8,12-14,16-17H2,1-3H3. The number of carbonyl (C=O) groups is 1. The van der Waals surface area contributed by atoms with Gasteiger partial charge in [0.15, 0.2) is 0 Å². The molecule has 4 rings (SSSR count). The van der Waals surface area contributed by atoms with Gasteiger partial charge < -0.3 is 4.74 Å². The number of nitrogens with zero attached hydrogens (tertiary/aromatic N) is 3. The predicted molar refractivity (Wildman–Crippen MR) is 115 cm³/mol. The van der Waals surface area contributed by atoms with E-state index in [1.807, 2.05) is 26.8 Å². The monoisotopic (exact) mass is 393 g/mol. The lowest BCUT2D eigenvalue weighted by atomic mass is 10.0. The van der Waals surface area contributed by atoms with Gasteiger partial charge in [0.2, 0.25) is 0 Å². The minimum Gasteiger partial charge on any atom is -0.443 e. The molecule has 0 radical (unpaired) electrons. The van der Waals surface area contributed by atoms with Crippen LogP contribution in [0.2, 0.25) is 0 Å². The molecule has 2 aromatic rings. The lowest BCUT2D eigenvalue weighted by Gasteiger charge is -2.31. The SMILES string of the molecule is CC(C)(C)OC(=O)N(c1ncccc1C1CCCN1Cc1ccccc1)C1CC1. The fourth-order valence-electron chi connectivity index (χ4n) is 4.11. The molecule has 29 heavy (non-hydrogen) atoms. The predicted octanol–water partition coefficient (Wildman–Crippen LogP) is 5.32. The number of ether oxygens (including phenoxy) is 1. The zero-order valence-corrected chi connectivity index (χ0v) is 17.7. The van der Waals surface area contributed by atoms with Crippen molar-refractivity contribution in [1.82, 2.24) is 9.88 Å². The lowest BCUT2D eigenvalue weighted by Crippen LogP contribution is -2.40. The van der Waals surface area contributed by atoms with E-state index < -0.39 is 5.60 Å². The summed E-state index contributed by atoms with van der Waals surface area (Å²) in [6, 6.07) is 15.2. The fourth-order valence-corrected chi connectivity index (χ4v) is 4.11. The van der Waals surface area contributed by atoms with E-state index in [2.05, 4.69) is 46.3 Å². The molecular weight excluding hydrogens is 362 g/mol. The van der Waals surface area contributed by atoms with Gasteiger partial charge in [-0.2, -0.15) is 0 Å². The molecule has 1 saturated carbocycles. The van der Waals surface area contributed by atoms with Crippen LogP contribution >= 0.6 is 0 Å². The van der Waals surface area contributed by atoms with Gasteiger partial charge in [0.05, 0.1) is 0 Å². The number of carbonyl (C=O) groups excluding carboxylic acids is 1. The van der Waals surface area contributed by atoms with E-state index in [4.69, 9.17) is 4.74 Å². The van der Waals surface area contributed by atoms with Gasteiger partial charge in [-0.25, -0.2) is 9.78 Å². The smallest absolute Gasteiger partial charge is 0.416 e.